The molecule has 2 saturated heterocycles. The van der Waals surface area contributed by atoms with E-state index in [0.29, 0.717) is 30.9 Å². The molecule has 0 unspecified atom stereocenters. The SMILES string of the molecule is COc1cc(F)ccc1Oc1ccc(/C=C(\F)c2nncc(N3CCC(F)(F)C3)n2)c(N2CCC[C@@H](CN)C2)c1Cl. The molecule has 0 saturated carbocycles. The standard InChI is InChI=1S/C28H29ClF4N6O2/c1-40-23-12-19(30)5-7-21(23)41-22-6-4-18(26(25(22)29)38-9-2-3-17(13-34)15-38)11-20(31)27-36-24(14-35-37-27)39-10-8-28(32,33)16-39/h4-7,11-12,14,17H,2-3,8-10,13,15-16,34H2,1H3/b20-11-/t17-/m0/s1. The molecule has 2 aliphatic rings. The summed E-state index contributed by atoms with van der Waals surface area (Å²) in [5.41, 5.74) is 6.90. The first-order valence-corrected chi connectivity index (χ1v) is 13.5. The van der Waals surface area contributed by atoms with Crippen LogP contribution in [0.25, 0.3) is 11.9 Å². The minimum atomic E-state index is -2.84. The third-order valence-electron chi connectivity index (χ3n) is 7.16. The maximum Gasteiger partial charge on any atom is 0.266 e. The van der Waals surface area contributed by atoms with Gasteiger partial charge in [0.2, 0.25) is 5.82 Å². The van der Waals surface area contributed by atoms with Gasteiger partial charge in [-0.25, -0.2) is 22.5 Å². The lowest BCUT2D eigenvalue weighted by Crippen LogP contribution is -2.38. The Balaban J connectivity index is 1.52. The summed E-state index contributed by atoms with van der Waals surface area (Å²) < 4.78 is 68.0. The molecule has 0 aliphatic carbocycles. The fraction of sp³-hybridized carbons (Fsp3) is 0.393. The van der Waals surface area contributed by atoms with Crippen molar-refractivity contribution in [2.45, 2.75) is 25.2 Å². The quantitative estimate of drug-likeness (QED) is 0.321. The molecule has 0 amide bonds. The van der Waals surface area contributed by atoms with E-state index < -0.39 is 24.1 Å². The normalized spacial score (nSPS) is 19.0. The van der Waals surface area contributed by atoms with Crippen molar-refractivity contribution in [1.82, 2.24) is 15.2 Å². The van der Waals surface area contributed by atoms with Crippen molar-refractivity contribution in [2.24, 2.45) is 11.7 Å². The minimum absolute atomic E-state index is 0.0772. The van der Waals surface area contributed by atoms with Crippen LogP contribution < -0.4 is 25.0 Å². The van der Waals surface area contributed by atoms with Gasteiger partial charge in [0.15, 0.2) is 23.1 Å². The second kappa shape index (κ2) is 12.1. The molecule has 1 aromatic heterocycles. The molecule has 5 rings (SSSR count). The molecule has 2 N–H and O–H groups in total. The molecule has 3 heterocycles. The van der Waals surface area contributed by atoms with E-state index in [9.17, 15) is 13.2 Å². The topological polar surface area (TPSA) is 89.6 Å². The van der Waals surface area contributed by atoms with Crippen molar-refractivity contribution < 1.29 is 27.0 Å². The van der Waals surface area contributed by atoms with Crippen molar-refractivity contribution in [3.63, 3.8) is 0 Å². The van der Waals surface area contributed by atoms with E-state index in [1.54, 1.807) is 12.1 Å². The molecule has 41 heavy (non-hydrogen) atoms. The summed E-state index contributed by atoms with van der Waals surface area (Å²) in [7, 11) is 1.40. The minimum Gasteiger partial charge on any atom is -0.493 e. The molecule has 8 nitrogen and oxygen atoms in total. The van der Waals surface area contributed by atoms with Gasteiger partial charge in [0.1, 0.15) is 16.6 Å². The first-order chi connectivity index (χ1) is 19.7. The Hall–Kier alpha value is -3.64. The summed E-state index contributed by atoms with van der Waals surface area (Å²) in [6.45, 7) is 1.29. The van der Waals surface area contributed by atoms with Crippen molar-refractivity contribution in [2.75, 3.05) is 49.6 Å². The van der Waals surface area contributed by atoms with Gasteiger partial charge in [-0.15, -0.1) is 5.10 Å². The number of nitrogens with two attached hydrogens (primary N) is 1. The van der Waals surface area contributed by atoms with Crippen LogP contribution in [0.1, 0.15) is 30.7 Å². The van der Waals surface area contributed by atoms with Gasteiger partial charge in [-0.2, -0.15) is 5.10 Å². The number of ether oxygens (including phenoxy) is 2. The second-order valence-electron chi connectivity index (χ2n) is 10.1. The van der Waals surface area contributed by atoms with E-state index in [4.69, 9.17) is 26.8 Å². The summed E-state index contributed by atoms with van der Waals surface area (Å²) >= 11 is 6.90. The van der Waals surface area contributed by atoms with E-state index in [1.165, 1.54) is 42.5 Å². The Morgan fingerprint density at radius 1 is 1.17 bits per heavy atom. The van der Waals surface area contributed by atoms with Crippen molar-refractivity contribution in [1.29, 1.82) is 0 Å². The zero-order valence-electron chi connectivity index (χ0n) is 22.3. The number of hydrogen-bond acceptors (Lipinski definition) is 8. The Morgan fingerprint density at radius 2 is 1.98 bits per heavy atom. The third-order valence-corrected chi connectivity index (χ3v) is 7.53. The van der Waals surface area contributed by atoms with Gasteiger partial charge >= 0.3 is 0 Å². The largest absolute Gasteiger partial charge is 0.493 e. The van der Waals surface area contributed by atoms with Gasteiger partial charge in [-0.05, 0) is 55.6 Å². The van der Waals surface area contributed by atoms with Crippen LogP contribution >= 0.6 is 11.6 Å². The molecular weight excluding hydrogens is 564 g/mol. The lowest BCUT2D eigenvalue weighted by molar-refractivity contribution is 0.0256. The van der Waals surface area contributed by atoms with E-state index in [2.05, 4.69) is 15.2 Å². The first-order valence-electron chi connectivity index (χ1n) is 13.2. The van der Waals surface area contributed by atoms with Crippen LogP contribution in [0.2, 0.25) is 5.02 Å². The van der Waals surface area contributed by atoms with Gasteiger partial charge < -0.3 is 25.0 Å². The number of hydrogen-bond donors (Lipinski definition) is 1. The summed E-state index contributed by atoms with van der Waals surface area (Å²) in [6.07, 6.45) is 3.96. The van der Waals surface area contributed by atoms with Crippen LogP contribution in [0.3, 0.4) is 0 Å². The summed E-state index contributed by atoms with van der Waals surface area (Å²) in [5.74, 6) is -3.47. The number of anilines is 2. The smallest absolute Gasteiger partial charge is 0.266 e. The van der Waals surface area contributed by atoms with Gasteiger partial charge in [0, 0.05) is 37.7 Å². The number of piperidine rings is 1. The molecule has 1 atom stereocenters. The number of aromatic nitrogens is 3. The highest BCUT2D eigenvalue weighted by molar-refractivity contribution is 6.35. The zero-order chi connectivity index (χ0) is 29.1. The molecule has 0 bridgehead atoms. The Kier molecular flexibility index (Phi) is 8.50. The maximum absolute atomic E-state index is 15.6. The number of benzene rings is 2. The van der Waals surface area contributed by atoms with Crippen molar-refractivity contribution in [3.8, 4) is 17.2 Å². The van der Waals surface area contributed by atoms with Crippen LogP contribution in [0.5, 0.6) is 17.2 Å². The zero-order valence-corrected chi connectivity index (χ0v) is 23.1. The highest BCUT2D eigenvalue weighted by Gasteiger charge is 2.39. The van der Waals surface area contributed by atoms with Crippen LogP contribution in [-0.4, -0.2) is 60.9 Å². The van der Waals surface area contributed by atoms with E-state index in [-0.39, 0.29) is 52.8 Å². The second-order valence-corrected chi connectivity index (χ2v) is 10.4. The number of rotatable bonds is 8. The average molecular weight is 593 g/mol. The fourth-order valence-electron chi connectivity index (χ4n) is 5.06. The number of alkyl halides is 2. The Morgan fingerprint density at radius 3 is 2.71 bits per heavy atom. The van der Waals surface area contributed by atoms with E-state index in [0.717, 1.165) is 12.8 Å². The molecule has 0 spiro atoms. The van der Waals surface area contributed by atoms with Gasteiger partial charge in [0.05, 0.1) is 25.5 Å². The fourth-order valence-corrected chi connectivity index (χ4v) is 5.39. The molecule has 13 heteroatoms. The summed E-state index contributed by atoms with van der Waals surface area (Å²) in [6, 6.07) is 7.06. The predicted molar refractivity (Wildman–Crippen MR) is 149 cm³/mol. The average Bonchev–Trinajstić information content (AvgIpc) is 3.34. The lowest BCUT2D eigenvalue weighted by Gasteiger charge is -2.35. The van der Waals surface area contributed by atoms with Crippen molar-refractivity contribution in [3.05, 3.63) is 58.8 Å². The van der Waals surface area contributed by atoms with E-state index >= 15 is 4.39 Å². The predicted octanol–water partition coefficient (Wildman–Crippen LogP) is 5.95. The molecule has 3 aromatic rings. The Labute approximate surface area is 239 Å². The number of nitrogens with zero attached hydrogens (tertiary/aromatic N) is 5. The molecule has 2 aliphatic heterocycles. The van der Waals surface area contributed by atoms with Crippen LogP contribution in [0.15, 0.2) is 36.5 Å². The van der Waals surface area contributed by atoms with Crippen LogP contribution in [0, 0.1) is 11.7 Å². The molecular formula is C28H29ClF4N6O2. The van der Waals surface area contributed by atoms with E-state index in [1.807, 2.05) is 4.90 Å². The van der Waals surface area contributed by atoms with Crippen LogP contribution in [0.4, 0.5) is 29.1 Å². The maximum atomic E-state index is 15.6. The van der Waals surface area contributed by atoms with Crippen molar-refractivity contribution >= 4 is 35.0 Å². The van der Waals surface area contributed by atoms with Gasteiger partial charge in [-0.3, -0.25) is 0 Å². The van der Waals surface area contributed by atoms with Gasteiger partial charge in [0.25, 0.3) is 5.92 Å². The molecule has 0 radical (unpaired) electrons. The lowest BCUT2D eigenvalue weighted by atomic mass is 9.97. The van der Waals surface area contributed by atoms with Crippen LogP contribution in [-0.2, 0) is 0 Å². The van der Waals surface area contributed by atoms with Gasteiger partial charge in [-0.1, -0.05) is 11.6 Å². The molecule has 218 valence electrons. The summed E-state index contributed by atoms with van der Waals surface area (Å²) in [4.78, 5) is 7.53. The Bertz CT molecular complexity index is 1440. The summed E-state index contributed by atoms with van der Waals surface area (Å²) in [5, 5.41) is 7.78. The highest BCUT2D eigenvalue weighted by Crippen LogP contribution is 2.44. The first kappa shape index (κ1) is 28.9. The molecule has 2 fully saturated rings. The third kappa shape index (κ3) is 6.48. The number of methoxy groups -OCH3 is 1. The highest BCUT2D eigenvalue weighted by atomic mass is 35.5. The monoisotopic (exact) mass is 592 g/mol. The molecule has 2 aromatic carbocycles. The number of halogens is 5.